The molecule has 2 aromatic rings. The summed E-state index contributed by atoms with van der Waals surface area (Å²) in [6.07, 6.45) is 0. The van der Waals surface area contributed by atoms with Crippen LogP contribution in [0.2, 0.25) is 5.02 Å². The van der Waals surface area contributed by atoms with Crippen molar-refractivity contribution in [2.75, 3.05) is 24.7 Å². The van der Waals surface area contributed by atoms with E-state index >= 15 is 0 Å². The first-order chi connectivity index (χ1) is 8.49. The first-order valence-corrected chi connectivity index (χ1v) is 5.70. The summed E-state index contributed by atoms with van der Waals surface area (Å²) < 4.78 is 0. The second-order valence-corrected chi connectivity index (χ2v) is 4.49. The third-order valence-electron chi connectivity index (χ3n) is 2.49. The molecule has 0 aliphatic heterocycles. The molecular weight excluding hydrogens is 252 g/mol. The molecule has 0 aliphatic carbocycles. The molecule has 0 spiro atoms. The normalized spacial score (nSPS) is 10.4. The van der Waals surface area contributed by atoms with Gasteiger partial charge in [-0.05, 0) is 17.7 Å². The predicted octanol–water partition coefficient (Wildman–Crippen LogP) is 1.74. The van der Waals surface area contributed by atoms with Crippen molar-refractivity contribution in [2.45, 2.75) is 0 Å². The Balaban J connectivity index is 2.59. The SMILES string of the molecule is CN(C)c1nc(N)c(-c2ccc(Cl)cc2)c(=O)[nH]1. The van der Waals surface area contributed by atoms with E-state index in [0.29, 0.717) is 22.1 Å². The van der Waals surface area contributed by atoms with Crippen molar-refractivity contribution in [3.8, 4) is 11.1 Å². The van der Waals surface area contributed by atoms with Crippen LogP contribution < -0.4 is 16.2 Å². The van der Waals surface area contributed by atoms with E-state index in [1.54, 1.807) is 43.3 Å². The maximum absolute atomic E-state index is 12.0. The minimum absolute atomic E-state index is 0.199. The molecule has 1 heterocycles. The van der Waals surface area contributed by atoms with Crippen LogP contribution in [0.3, 0.4) is 0 Å². The molecule has 1 aromatic carbocycles. The molecule has 18 heavy (non-hydrogen) atoms. The fourth-order valence-corrected chi connectivity index (χ4v) is 1.71. The number of nitrogens with zero attached hydrogens (tertiary/aromatic N) is 2. The van der Waals surface area contributed by atoms with Crippen LogP contribution in [0.4, 0.5) is 11.8 Å². The summed E-state index contributed by atoms with van der Waals surface area (Å²) in [5.74, 6) is 0.625. The second-order valence-electron chi connectivity index (χ2n) is 4.05. The summed E-state index contributed by atoms with van der Waals surface area (Å²) in [5.41, 5.74) is 6.62. The number of rotatable bonds is 2. The number of anilines is 2. The number of nitrogens with two attached hydrogens (primary N) is 1. The zero-order valence-corrected chi connectivity index (χ0v) is 10.8. The highest BCUT2D eigenvalue weighted by Crippen LogP contribution is 2.23. The van der Waals surface area contributed by atoms with Gasteiger partial charge in [0.25, 0.3) is 5.56 Å². The van der Waals surface area contributed by atoms with Crippen LogP contribution in [0.1, 0.15) is 0 Å². The van der Waals surface area contributed by atoms with E-state index in [2.05, 4.69) is 9.97 Å². The van der Waals surface area contributed by atoms with Gasteiger partial charge in [-0.2, -0.15) is 4.98 Å². The molecule has 0 saturated carbocycles. The number of aromatic nitrogens is 2. The molecule has 6 heteroatoms. The molecule has 5 nitrogen and oxygen atoms in total. The highest BCUT2D eigenvalue weighted by molar-refractivity contribution is 6.30. The molecule has 0 saturated heterocycles. The number of aromatic amines is 1. The first kappa shape index (κ1) is 12.4. The Labute approximate surface area is 109 Å². The smallest absolute Gasteiger partial charge is 0.262 e. The molecule has 3 N–H and O–H groups in total. The molecule has 0 bridgehead atoms. The summed E-state index contributed by atoms with van der Waals surface area (Å²) in [7, 11) is 3.55. The first-order valence-electron chi connectivity index (χ1n) is 5.32. The van der Waals surface area contributed by atoms with E-state index in [0.717, 1.165) is 0 Å². The van der Waals surface area contributed by atoms with Gasteiger partial charge in [-0.15, -0.1) is 0 Å². The lowest BCUT2D eigenvalue weighted by Crippen LogP contribution is -2.21. The predicted molar refractivity (Wildman–Crippen MR) is 74.0 cm³/mol. The lowest BCUT2D eigenvalue weighted by molar-refractivity contribution is 0.987. The van der Waals surface area contributed by atoms with Gasteiger partial charge in [-0.25, -0.2) is 0 Å². The van der Waals surface area contributed by atoms with E-state index < -0.39 is 0 Å². The molecule has 1 aromatic heterocycles. The van der Waals surface area contributed by atoms with Crippen molar-refractivity contribution in [3.63, 3.8) is 0 Å². The van der Waals surface area contributed by atoms with Crippen LogP contribution in [0.15, 0.2) is 29.1 Å². The Morgan fingerprint density at radius 1 is 1.28 bits per heavy atom. The molecule has 0 unspecified atom stereocenters. The Morgan fingerprint density at radius 3 is 2.39 bits per heavy atom. The fourth-order valence-electron chi connectivity index (χ4n) is 1.59. The van der Waals surface area contributed by atoms with Gasteiger partial charge in [-0.3, -0.25) is 9.78 Å². The average Bonchev–Trinajstić information content (AvgIpc) is 2.30. The number of halogens is 1. The molecule has 0 radical (unpaired) electrons. The van der Waals surface area contributed by atoms with Crippen LogP contribution in [0, 0.1) is 0 Å². The summed E-state index contributed by atoms with van der Waals surface area (Å²) >= 11 is 5.81. The fraction of sp³-hybridized carbons (Fsp3) is 0.167. The lowest BCUT2D eigenvalue weighted by Gasteiger charge is -2.12. The van der Waals surface area contributed by atoms with Gasteiger partial charge in [0, 0.05) is 19.1 Å². The van der Waals surface area contributed by atoms with Gasteiger partial charge in [0.2, 0.25) is 5.95 Å². The summed E-state index contributed by atoms with van der Waals surface area (Å²) in [4.78, 5) is 20.5. The number of H-pyrrole nitrogens is 1. The highest BCUT2D eigenvalue weighted by atomic mass is 35.5. The van der Waals surface area contributed by atoms with Gasteiger partial charge in [0.15, 0.2) is 0 Å². The van der Waals surface area contributed by atoms with Gasteiger partial charge >= 0.3 is 0 Å². The molecular formula is C12H13ClN4O. The molecule has 0 fully saturated rings. The number of nitrogen functional groups attached to an aromatic ring is 1. The zero-order chi connectivity index (χ0) is 13.3. The van der Waals surface area contributed by atoms with E-state index in [4.69, 9.17) is 17.3 Å². The van der Waals surface area contributed by atoms with Gasteiger partial charge < -0.3 is 10.6 Å². The Hall–Kier alpha value is -2.01. The van der Waals surface area contributed by atoms with E-state index in [1.807, 2.05) is 0 Å². The maximum Gasteiger partial charge on any atom is 0.262 e. The Bertz CT molecular complexity index is 619. The minimum Gasteiger partial charge on any atom is -0.383 e. The Morgan fingerprint density at radius 2 is 1.89 bits per heavy atom. The van der Waals surface area contributed by atoms with Crippen LogP contribution in [0.5, 0.6) is 0 Å². The molecule has 0 amide bonds. The second kappa shape index (κ2) is 4.70. The Kier molecular flexibility index (Phi) is 3.25. The van der Waals surface area contributed by atoms with Crippen molar-refractivity contribution >= 4 is 23.4 Å². The number of hydrogen-bond donors (Lipinski definition) is 2. The van der Waals surface area contributed by atoms with Crippen LogP contribution >= 0.6 is 11.6 Å². The molecule has 94 valence electrons. The largest absolute Gasteiger partial charge is 0.383 e. The maximum atomic E-state index is 12.0. The topological polar surface area (TPSA) is 75.0 Å². The van der Waals surface area contributed by atoms with Crippen molar-refractivity contribution in [1.82, 2.24) is 9.97 Å². The molecule has 0 atom stereocenters. The summed E-state index contributed by atoms with van der Waals surface area (Å²) in [6, 6.07) is 6.88. The van der Waals surface area contributed by atoms with E-state index in [1.165, 1.54) is 0 Å². The average molecular weight is 265 g/mol. The van der Waals surface area contributed by atoms with E-state index in [-0.39, 0.29) is 11.4 Å². The van der Waals surface area contributed by atoms with Crippen LogP contribution in [-0.4, -0.2) is 24.1 Å². The van der Waals surface area contributed by atoms with Crippen LogP contribution in [-0.2, 0) is 0 Å². The van der Waals surface area contributed by atoms with Crippen molar-refractivity contribution < 1.29 is 0 Å². The highest BCUT2D eigenvalue weighted by Gasteiger charge is 2.11. The van der Waals surface area contributed by atoms with Crippen molar-refractivity contribution in [3.05, 3.63) is 39.6 Å². The summed E-state index contributed by atoms with van der Waals surface area (Å²) in [5, 5.41) is 0.603. The third-order valence-corrected chi connectivity index (χ3v) is 2.74. The van der Waals surface area contributed by atoms with Gasteiger partial charge in [0.1, 0.15) is 5.82 Å². The van der Waals surface area contributed by atoms with Gasteiger partial charge in [-0.1, -0.05) is 23.7 Å². The third kappa shape index (κ3) is 2.31. The number of hydrogen-bond acceptors (Lipinski definition) is 4. The summed E-state index contributed by atoms with van der Waals surface area (Å²) in [6.45, 7) is 0. The quantitative estimate of drug-likeness (QED) is 0.866. The minimum atomic E-state index is -0.270. The molecule has 2 rings (SSSR count). The van der Waals surface area contributed by atoms with Gasteiger partial charge in [0.05, 0.1) is 5.56 Å². The monoisotopic (exact) mass is 264 g/mol. The van der Waals surface area contributed by atoms with E-state index in [9.17, 15) is 4.79 Å². The van der Waals surface area contributed by atoms with Crippen LogP contribution in [0.25, 0.3) is 11.1 Å². The number of benzene rings is 1. The number of nitrogens with one attached hydrogen (secondary N) is 1. The standard InChI is InChI=1S/C12H13ClN4O/c1-17(2)12-15-10(14)9(11(18)16-12)7-3-5-8(13)6-4-7/h3-6H,1-2H3,(H3,14,15,16,18). The zero-order valence-electron chi connectivity index (χ0n) is 10.1. The molecule has 0 aliphatic rings. The van der Waals surface area contributed by atoms with Crippen molar-refractivity contribution in [2.24, 2.45) is 0 Å². The van der Waals surface area contributed by atoms with Crippen molar-refractivity contribution in [1.29, 1.82) is 0 Å². The lowest BCUT2D eigenvalue weighted by atomic mass is 10.1.